The molecule has 16 nitrogen and oxygen atoms in total. The Morgan fingerprint density at radius 1 is 0.207 bits per heavy atom. The van der Waals surface area contributed by atoms with Crippen molar-refractivity contribution in [2.45, 2.75) is 0 Å². The van der Waals surface area contributed by atoms with Gasteiger partial charge in [0.15, 0.2) is 0 Å². The Morgan fingerprint density at radius 3 is 0.683 bits per heavy atom. The normalized spacial score (nSPS) is 12.1. The molecule has 8 aromatic carbocycles. The van der Waals surface area contributed by atoms with E-state index in [-0.39, 0.29) is 16.8 Å². The van der Waals surface area contributed by atoms with E-state index in [4.69, 9.17) is 59.8 Å². The summed E-state index contributed by atoms with van der Waals surface area (Å²) in [6, 6.07) is 61.0. The molecule has 16 bridgehead atoms. The quantitative estimate of drug-likeness (QED) is 0.127. The topological polar surface area (TPSA) is 218 Å². The number of aromatic amines is 4. The van der Waals surface area contributed by atoms with E-state index in [9.17, 15) is 0 Å². The van der Waals surface area contributed by atoms with E-state index in [0.717, 1.165) is 111 Å². The fourth-order valence-corrected chi connectivity index (χ4v) is 13.0. The number of nitrogens with one attached hydrogen (secondary N) is 4. The van der Waals surface area contributed by atoms with Gasteiger partial charge in [0.25, 0.3) is 0 Å². The Labute approximate surface area is 478 Å². The van der Waals surface area contributed by atoms with Crippen LogP contribution in [0, 0.1) is 0 Å². The summed E-state index contributed by atoms with van der Waals surface area (Å²) in [4.78, 5) is 77.3. The molecule has 14 aromatic rings. The molecule has 0 spiro atoms. The molecule has 10 heterocycles. The number of hydrogen-bond acceptors (Lipinski definition) is 12. The predicted octanol–water partition coefficient (Wildman–Crippen LogP) is 12.1. The van der Waals surface area contributed by atoms with E-state index >= 15 is 0 Å². The molecule has 388 valence electrons. The SMILES string of the molecule is [Co].c1ccc2c(c1)-c1nc-2nc2[nH]c(nc3nc(nc4[nH]c(n1)c1ccccc41)-c1ccccc1-3)c1[c]([Co][c]3cccc4c5nc6nc(nc7[nH]c(nc8nc(nc([nH]5)c34)-c3ccccc3-8)c3ccccc73)-c3ccccc3-6)cccc21. The van der Waals surface area contributed by atoms with Crippen LogP contribution in [0.5, 0.6) is 0 Å². The summed E-state index contributed by atoms with van der Waals surface area (Å²) in [7, 11) is 0. The van der Waals surface area contributed by atoms with Gasteiger partial charge in [-0.05, 0) is 0 Å². The minimum atomic E-state index is 0. The van der Waals surface area contributed by atoms with Crippen LogP contribution < -0.4 is 9.00 Å². The van der Waals surface area contributed by atoms with Gasteiger partial charge in [-0.1, -0.05) is 12.1 Å². The van der Waals surface area contributed by atoms with Gasteiger partial charge in [0.05, 0.1) is 0 Å². The molecule has 0 atom stereocenters. The van der Waals surface area contributed by atoms with Crippen molar-refractivity contribution in [3.63, 3.8) is 0 Å². The van der Waals surface area contributed by atoms with Crippen molar-refractivity contribution in [2.24, 2.45) is 0 Å². The molecule has 18 heteroatoms. The molecule has 1 radical (unpaired) electrons. The molecule has 0 amide bonds. The van der Waals surface area contributed by atoms with Gasteiger partial charge in [-0.2, -0.15) is 0 Å². The minimum absolute atomic E-state index is 0. The van der Waals surface area contributed by atoms with E-state index in [1.807, 2.05) is 146 Å². The molecule has 0 saturated heterocycles. The van der Waals surface area contributed by atoms with Gasteiger partial charge in [0.2, 0.25) is 0 Å². The number of benzene rings is 8. The third kappa shape index (κ3) is 7.02. The second-order valence-corrected chi connectivity index (χ2v) is 21.2. The zero-order valence-corrected chi connectivity index (χ0v) is 44.4. The summed E-state index contributed by atoms with van der Waals surface area (Å²) in [5.41, 5.74) is 11.8. The Morgan fingerprint density at radius 2 is 0.415 bits per heavy atom. The monoisotopic (exact) mass is 1140 g/mol. The second kappa shape index (κ2) is 17.7. The van der Waals surface area contributed by atoms with Gasteiger partial charge in [-0.25, -0.2) is 0 Å². The van der Waals surface area contributed by atoms with Gasteiger partial charge in [0.1, 0.15) is 0 Å². The molecule has 18 rings (SSSR count). The van der Waals surface area contributed by atoms with Gasteiger partial charge in [-0.15, -0.1) is 0 Å². The average molecular weight is 1140 g/mol. The zero-order chi connectivity index (χ0) is 52.9. The molecule has 4 aliphatic heterocycles. The van der Waals surface area contributed by atoms with Gasteiger partial charge < -0.3 is 0 Å². The van der Waals surface area contributed by atoms with E-state index in [2.05, 4.69) is 56.3 Å². The van der Waals surface area contributed by atoms with E-state index in [1.54, 1.807) is 0 Å². The van der Waals surface area contributed by atoms with Crippen LogP contribution in [0.2, 0.25) is 0 Å². The first-order valence-corrected chi connectivity index (χ1v) is 27.2. The molecule has 0 unspecified atom stereocenters. The van der Waals surface area contributed by atoms with Crippen LogP contribution in [0.1, 0.15) is 0 Å². The Hall–Kier alpha value is -10.5. The van der Waals surface area contributed by atoms with E-state index in [1.165, 1.54) is 0 Å². The van der Waals surface area contributed by atoms with Crippen molar-refractivity contribution < 1.29 is 31.5 Å². The van der Waals surface area contributed by atoms with Crippen molar-refractivity contribution in [3.8, 4) is 91.1 Å². The summed E-state index contributed by atoms with van der Waals surface area (Å²) in [6.07, 6.45) is 0. The number of nitrogens with zero attached hydrogens (tertiary/aromatic N) is 12. The van der Waals surface area contributed by atoms with Crippen LogP contribution in [0.15, 0.2) is 182 Å². The fraction of sp³-hybridized carbons (Fsp3) is 0. The molecule has 0 fully saturated rings. The average Bonchev–Trinajstić information content (AvgIpc) is 4.60. The van der Waals surface area contributed by atoms with Crippen molar-refractivity contribution >= 4 is 97.3 Å². The Kier molecular flexibility index (Phi) is 10.0. The maximum atomic E-state index is 5.43. The van der Waals surface area contributed by atoms with Gasteiger partial charge >= 0.3 is 453 Å². The standard InChI is InChI=1S/2C32H17N8.2Co/c2*1-2-10-18-17(9-1)25-33-26(18)38-28-21-13-5-6-14-22(21)30(35-28)40-32-24-16-8-7-15-23(24)31(36-32)39-29-20-12-4-3-11-19(20)27(34-29)37-25;;/h2*1-15H,(H2,33,34,35,36,37,38,39,40);;. The molecular formula is C64H34Co2N16. The number of H-pyrrole nitrogens is 4. The summed E-state index contributed by atoms with van der Waals surface area (Å²) in [5, 5.41) is 7.10. The maximum absolute atomic E-state index is 5.43. The summed E-state index contributed by atoms with van der Waals surface area (Å²) < 4.78 is 1.92. The predicted molar refractivity (Wildman–Crippen MR) is 311 cm³/mol. The van der Waals surface area contributed by atoms with Crippen molar-refractivity contribution in [1.82, 2.24) is 79.7 Å². The number of fused-ring (bicyclic) bond motifs is 40. The summed E-state index contributed by atoms with van der Waals surface area (Å²) in [5.74, 6) is 4.24. The summed E-state index contributed by atoms with van der Waals surface area (Å²) >= 11 is 0.889. The molecule has 82 heavy (non-hydrogen) atoms. The number of hydrogen-bond donors (Lipinski definition) is 4. The molecule has 0 saturated carbocycles. The van der Waals surface area contributed by atoms with Crippen molar-refractivity contribution in [2.75, 3.05) is 0 Å². The van der Waals surface area contributed by atoms with Crippen LogP contribution in [0.25, 0.3) is 179 Å². The van der Waals surface area contributed by atoms with E-state index < -0.39 is 0 Å². The zero-order valence-electron chi connectivity index (χ0n) is 42.4. The first-order valence-electron chi connectivity index (χ1n) is 26.2. The van der Waals surface area contributed by atoms with Crippen molar-refractivity contribution in [3.05, 3.63) is 182 Å². The number of rotatable bonds is 2. The van der Waals surface area contributed by atoms with Crippen LogP contribution in [-0.4, -0.2) is 79.7 Å². The Bertz CT molecular complexity index is 5160. The first kappa shape index (κ1) is 46.4. The second-order valence-electron chi connectivity index (χ2n) is 19.9. The molecule has 0 aliphatic carbocycles. The number of aromatic nitrogens is 16. The molecule has 6 aromatic heterocycles. The van der Waals surface area contributed by atoms with Crippen LogP contribution in [0.4, 0.5) is 0 Å². The van der Waals surface area contributed by atoms with Crippen LogP contribution in [0.3, 0.4) is 0 Å². The van der Waals surface area contributed by atoms with Crippen LogP contribution >= 0.6 is 0 Å². The van der Waals surface area contributed by atoms with Gasteiger partial charge in [0, 0.05) is 16.8 Å². The third-order valence-electron chi connectivity index (χ3n) is 15.2. The van der Waals surface area contributed by atoms with E-state index in [0.29, 0.717) is 91.8 Å². The molecule has 4 aliphatic rings. The molecular weight excluding hydrogens is 1110 g/mol. The fourth-order valence-electron chi connectivity index (χ4n) is 11.5. The third-order valence-corrected chi connectivity index (χ3v) is 16.6. The van der Waals surface area contributed by atoms with Crippen molar-refractivity contribution in [1.29, 1.82) is 0 Å². The van der Waals surface area contributed by atoms with Crippen LogP contribution in [-0.2, 0) is 31.5 Å². The van der Waals surface area contributed by atoms with Gasteiger partial charge in [-0.3, -0.25) is 0 Å². The first-order chi connectivity index (χ1) is 40.1. The summed E-state index contributed by atoms with van der Waals surface area (Å²) in [6.45, 7) is 0. The molecule has 4 N–H and O–H groups in total. The Balaban J connectivity index is 0.00000534.